The van der Waals surface area contributed by atoms with Crippen LogP contribution >= 0.6 is 6.64 Å². The Bertz CT molecular complexity index is 1540. The molecule has 0 aliphatic carbocycles. The van der Waals surface area contributed by atoms with Crippen LogP contribution in [0, 0.1) is 0 Å². The molecule has 1 fully saturated rings. The number of rotatable bonds is 10. The molecule has 0 amide bonds. The molecule has 4 rings (SSSR count). The molecule has 1 aliphatic rings. The molecule has 14 heteroatoms. The van der Waals surface area contributed by atoms with E-state index in [2.05, 4.69) is 5.09 Å². The zero-order chi connectivity index (χ0) is 29.2. The van der Waals surface area contributed by atoms with Crippen molar-refractivity contribution in [3.05, 3.63) is 75.6 Å². The first-order valence-corrected chi connectivity index (χ1v) is 15.2. The summed E-state index contributed by atoms with van der Waals surface area (Å²) in [6.07, 6.45) is -4.49. The van der Waals surface area contributed by atoms with Crippen molar-refractivity contribution in [2.75, 3.05) is 6.61 Å². The van der Waals surface area contributed by atoms with Crippen LogP contribution in [-0.2, 0) is 30.6 Å². The predicted octanol–water partition coefficient (Wildman–Crippen LogP) is 2.93. The van der Waals surface area contributed by atoms with E-state index in [1.807, 2.05) is 35.3 Å². The molecule has 216 valence electrons. The van der Waals surface area contributed by atoms with Crippen LogP contribution in [-0.4, -0.2) is 57.3 Å². The van der Waals surface area contributed by atoms with E-state index in [1.54, 1.807) is 26.0 Å². The van der Waals surface area contributed by atoms with Gasteiger partial charge < -0.3 is 23.6 Å². The zero-order valence-corrected chi connectivity index (χ0v) is 24.0. The van der Waals surface area contributed by atoms with Gasteiger partial charge in [-0.3, -0.25) is 19.1 Å². The van der Waals surface area contributed by atoms with Crippen molar-refractivity contribution in [2.24, 2.45) is 0 Å². The minimum absolute atomic E-state index is 0.373. The second kappa shape index (κ2) is 11.9. The summed E-state index contributed by atoms with van der Waals surface area (Å²) in [5.41, 5.74) is -3.31. The first-order chi connectivity index (χ1) is 18.8. The van der Waals surface area contributed by atoms with Gasteiger partial charge in [-0.1, -0.05) is 36.4 Å². The van der Waals surface area contributed by atoms with E-state index in [-0.39, 0.29) is 6.10 Å². The smallest absolute Gasteiger partial charge is 0.330 e. The molecule has 1 aromatic heterocycles. The molecule has 6 atom stereocenters. The highest BCUT2D eigenvalue weighted by Crippen LogP contribution is 2.49. The van der Waals surface area contributed by atoms with Crippen molar-refractivity contribution < 1.29 is 32.8 Å². The van der Waals surface area contributed by atoms with E-state index in [4.69, 9.17) is 30.3 Å². The molecule has 40 heavy (non-hydrogen) atoms. The maximum atomic E-state index is 15.5. The summed E-state index contributed by atoms with van der Waals surface area (Å²) in [4.78, 5) is 38.3. The first-order valence-electron chi connectivity index (χ1n) is 12.5. The lowest BCUT2D eigenvalue weighted by atomic mass is 10.0. The van der Waals surface area contributed by atoms with Crippen molar-refractivity contribution in [2.45, 2.75) is 63.9 Å². The van der Waals surface area contributed by atoms with Gasteiger partial charge in [0.05, 0.1) is 12.7 Å². The summed E-state index contributed by atoms with van der Waals surface area (Å²) in [5.74, 6) is -0.209. The summed E-state index contributed by atoms with van der Waals surface area (Å²) in [5, 5.41) is 15.1. The van der Waals surface area contributed by atoms with Crippen LogP contribution in [0.5, 0.6) is 5.75 Å². The van der Waals surface area contributed by atoms with Gasteiger partial charge in [0.25, 0.3) is 5.56 Å². The van der Waals surface area contributed by atoms with Gasteiger partial charge in [0, 0.05) is 17.6 Å². The number of esters is 1. The zero-order valence-electron chi connectivity index (χ0n) is 22.3. The largest absolute Gasteiger partial charge is 0.462 e. The monoisotopic (exact) mass is 595 g/mol. The highest BCUT2D eigenvalue weighted by Gasteiger charge is 2.54. The van der Waals surface area contributed by atoms with Crippen LogP contribution in [0.2, 0.25) is 0 Å². The molecule has 3 N–H and O–H groups in total. The maximum absolute atomic E-state index is 15.5. The SMILES string of the molecule is CC(C)OC(=O)[C@H](C)NP(=S)(OC[C@@]1(C)O[C@@H](n2ccc(=O)[nH]c2=O)[C@H](O)[C@@H]1F)Oc1cccc2ccccc12. The molecule has 1 saturated heterocycles. The van der Waals surface area contributed by atoms with Crippen LogP contribution in [0.25, 0.3) is 10.8 Å². The third-order valence-electron chi connectivity index (χ3n) is 6.24. The number of aliphatic hydroxyl groups is 1. The summed E-state index contributed by atoms with van der Waals surface area (Å²) in [7, 11) is 0. The molecule has 0 bridgehead atoms. The Kier molecular flexibility index (Phi) is 8.93. The number of hydrogen-bond acceptors (Lipinski definition) is 9. The van der Waals surface area contributed by atoms with Crippen LogP contribution < -0.4 is 20.9 Å². The maximum Gasteiger partial charge on any atom is 0.330 e. The standard InChI is InChI=1S/C26H31FN3O8PS/c1-15(2)36-24(33)16(3)29-39(40,38-19-11-7-9-17-8-5-6-10-18(17)19)35-14-26(4)22(27)21(32)23(37-26)30-13-12-20(31)28-25(30)34/h5-13,15-16,21-23,32H,14H2,1-4H3,(H,29,40)(H,28,31,34)/t16-,21+,22-,23+,26+,39?/m0/s1. The molecule has 0 saturated carbocycles. The highest BCUT2D eigenvalue weighted by molar-refractivity contribution is 8.09. The number of carbonyl (C=O) groups excluding carboxylic acids is 1. The lowest BCUT2D eigenvalue weighted by Gasteiger charge is -2.32. The molecule has 3 aromatic rings. The van der Waals surface area contributed by atoms with E-state index in [0.717, 1.165) is 27.6 Å². The number of ether oxygens (including phenoxy) is 2. The van der Waals surface area contributed by atoms with Gasteiger partial charge in [0.15, 0.2) is 12.4 Å². The molecular weight excluding hydrogens is 564 g/mol. The summed E-state index contributed by atoms with van der Waals surface area (Å²) in [6.45, 7) is 2.18. The first kappa shape index (κ1) is 30.0. The van der Waals surface area contributed by atoms with Gasteiger partial charge in [-0.25, -0.2) is 14.3 Å². The normalized spacial score (nSPS) is 25.0. The van der Waals surface area contributed by atoms with Gasteiger partial charge in [-0.05, 0) is 51.0 Å². The summed E-state index contributed by atoms with van der Waals surface area (Å²) >= 11 is 5.78. The van der Waals surface area contributed by atoms with Crippen molar-refractivity contribution in [3.63, 3.8) is 0 Å². The number of aliphatic hydroxyl groups excluding tert-OH is 1. The Morgan fingerprint density at radius 1 is 1.23 bits per heavy atom. The summed E-state index contributed by atoms with van der Waals surface area (Å²) in [6, 6.07) is 12.9. The number of fused-ring (bicyclic) bond motifs is 1. The Morgan fingerprint density at radius 2 is 1.93 bits per heavy atom. The van der Waals surface area contributed by atoms with Crippen molar-refractivity contribution in [1.82, 2.24) is 14.6 Å². The number of H-pyrrole nitrogens is 1. The molecule has 2 aromatic carbocycles. The fourth-order valence-electron chi connectivity index (χ4n) is 4.21. The van der Waals surface area contributed by atoms with Crippen LogP contribution in [0.1, 0.15) is 33.9 Å². The quantitative estimate of drug-likeness (QED) is 0.237. The Hall–Kier alpha value is -2.93. The lowest BCUT2D eigenvalue weighted by molar-refractivity contribution is -0.149. The molecule has 2 heterocycles. The van der Waals surface area contributed by atoms with Gasteiger partial charge in [-0.15, -0.1) is 0 Å². The fourth-order valence-corrected chi connectivity index (χ4v) is 6.69. The molecular formula is C26H31FN3O8PS. The number of carbonyl (C=O) groups is 1. The molecule has 11 nitrogen and oxygen atoms in total. The second-order valence-corrected chi connectivity index (χ2v) is 13.0. The Morgan fingerprint density at radius 3 is 2.62 bits per heavy atom. The van der Waals surface area contributed by atoms with E-state index >= 15 is 4.39 Å². The minimum Gasteiger partial charge on any atom is -0.462 e. The number of aromatic nitrogens is 2. The fraction of sp³-hybridized carbons (Fsp3) is 0.423. The highest BCUT2D eigenvalue weighted by atomic mass is 32.5. The average molecular weight is 596 g/mol. The lowest BCUT2D eigenvalue weighted by Crippen LogP contribution is -2.43. The number of hydrogen-bond donors (Lipinski definition) is 3. The number of halogens is 1. The van der Waals surface area contributed by atoms with Crippen LogP contribution in [0.3, 0.4) is 0 Å². The third-order valence-corrected chi connectivity index (χ3v) is 8.70. The van der Waals surface area contributed by atoms with E-state index < -0.39 is 60.6 Å². The van der Waals surface area contributed by atoms with Crippen LogP contribution in [0.4, 0.5) is 4.39 Å². The minimum atomic E-state index is -3.61. The number of nitrogens with one attached hydrogen (secondary N) is 2. The molecule has 1 unspecified atom stereocenters. The molecule has 1 aliphatic heterocycles. The Labute approximate surface area is 234 Å². The summed E-state index contributed by atoms with van der Waals surface area (Å²) < 4.78 is 39.6. The topological polar surface area (TPSA) is 141 Å². The molecule has 0 radical (unpaired) electrons. The Balaban J connectivity index is 1.61. The number of alkyl halides is 1. The number of benzene rings is 2. The van der Waals surface area contributed by atoms with Gasteiger partial charge in [0.2, 0.25) is 0 Å². The average Bonchev–Trinajstić information content (AvgIpc) is 3.12. The second-order valence-electron chi connectivity index (χ2n) is 9.91. The van der Waals surface area contributed by atoms with Gasteiger partial charge in [0.1, 0.15) is 23.5 Å². The molecule has 0 spiro atoms. The van der Waals surface area contributed by atoms with E-state index in [1.165, 1.54) is 13.8 Å². The number of aromatic amines is 1. The predicted molar refractivity (Wildman–Crippen MR) is 149 cm³/mol. The van der Waals surface area contributed by atoms with Crippen molar-refractivity contribution in [1.29, 1.82) is 0 Å². The van der Waals surface area contributed by atoms with Gasteiger partial charge in [-0.2, -0.15) is 0 Å². The third kappa shape index (κ3) is 6.51. The number of nitrogens with zero attached hydrogens (tertiary/aromatic N) is 1. The van der Waals surface area contributed by atoms with Crippen molar-refractivity contribution >= 4 is 35.2 Å². The van der Waals surface area contributed by atoms with Crippen LogP contribution in [0.15, 0.2) is 64.3 Å². The van der Waals surface area contributed by atoms with Crippen molar-refractivity contribution in [3.8, 4) is 5.75 Å². The van der Waals surface area contributed by atoms with E-state index in [9.17, 15) is 19.5 Å². The van der Waals surface area contributed by atoms with E-state index in [0.29, 0.717) is 5.75 Å². The van der Waals surface area contributed by atoms with Gasteiger partial charge >= 0.3 is 18.3 Å².